The van der Waals surface area contributed by atoms with Crippen molar-refractivity contribution in [1.82, 2.24) is 4.98 Å². The van der Waals surface area contributed by atoms with Gasteiger partial charge in [0, 0.05) is 6.20 Å². The second-order valence-corrected chi connectivity index (χ2v) is 3.22. The first-order valence-electron chi connectivity index (χ1n) is 3.05. The van der Waals surface area contributed by atoms with Crippen LogP contribution in [0.25, 0.3) is 0 Å². The van der Waals surface area contributed by atoms with Crippen LogP contribution in [0.1, 0.15) is 6.92 Å². The van der Waals surface area contributed by atoms with Crippen molar-refractivity contribution in [1.29, 1.82) is 0 Å². The Kier molecular flexibility index (Phi) is 2.71. The predicted molar refractivity (Wildman–Crippen MR) is 41.8 cm³/mol. The van der Waals surface area contributed by atoms with Gasteiger partial charge in [0.15, 0.2) is 0 Å². The number of nitrogens with zero attached hydrogens (tertiary/aromatic N) is 1. The number of aromatic nitrogens is 1. The molecule has 2 nitrogen and oxygen atoms in total. The van der Waals surface area contributed by atoms with Crippen LogP contribution in [-0.4, -0.2) is 15.5 Å². The van der Waals surface area contributed by atoms with Crippen molar-refractivity contribution in [3.05, 3.63) is 24.4 Å². The lowest BCUT2D eigenvalue weighted by Gasteiger charge is -2.00. The number of rotatable bonds is 2. The SMILES string of the molecule is CC(O)Sc1ccccn1. The summed E-state index contributed by atoms with van der Waals surface area (Å²) in [7, 11) is 0. The van der Waals surface area contributed by atoms with Gasteiger partial charge in [0.2, 0.25) is 0 Å². The molecule has 1 N–H and O–H groups in total. The van der Waals surface area contributed by atoms with Gasteiger partial charge in [-0.1, -0.05) is 17.8 Å². The summed E-state index contributed by atoms with van der Waals surface area (Å²) in [5.74, 6) is 0. The van der Waals surface area contributed by atoms with Crippen LogP contribution >= 0.6 is 11.8 Å². The molecule has 0 amide bonds. The van der Waals surface area contributed by atoms with Crippen LogP contribution in [0.2, 0.25) is 0 Å². The maximum Gasteiger partial charge on any atom is 0.102 e. The van der Waals surface area contributed by atoms with Crippen LogP contribution in [0.3, 0.4) is 0 Å². The van der Waals surface area contributed by atoms with Crippen LogP contribution in [-0.2, 0) is 0 Å². The Bertz CT molecular complexity index is 188. The van der Waals surface area contributed by atoms with Crippen molar-refractivity contribution in [3.63, 3.8) is 0 Å². The van der Waals surface area contributed by atoms with Crippen molar-refractivity contribution in [2.75, 3.05) is 0 Å². The summed E-state index contributed by atoms with van der Waals surface area (Å²) < 4.78 is 0. The zero-order valence-corrected chi connectivity index (χ0v) is 6.51. The van der Waals surface area contributed by atoms with Crippen molar-refractivity contribution >= 4 is 11.8 Å². The standard InChI is InChI=1S/C7H9NOS/c1-6(9)10-7-4-2-3-5-8-7/h2-6,9H,1H3. The van der Waals surface area contributed by atoms with Gasteiger partial charge in [-0.3, -0.25) is 0 Å². The van der Waals surface area contributed by atoms with Crippen LogP contribution in [0.5, 0.6) is 0 Å². The number of pyridine rings is 1. The van der Waals surface area contributed by atoms with Gasteiger partial charge in [-0.25, -0.2) is 4.98 Å². The van der Waals surface area contributed by atoms with E-state index in [2.05, 4.69) is 4.98 Å². The number of thioether (sulfide) groups is 1. The molecule has 10 heavy (non-hydrogen) atoms. The van der Waals surface area contributed by atoms with E-state index in [9.17, 15) is 0 Å². The highest BCUT2D eigenvalue weighted by atomic mass is 32.2. The van der Waals surface area contributed by atoms with E-state index in [4.69, 9.17) is 5.11 Å². The second-order valence-electron chi connectivity index (χ2n) is 1.89. The molecule has 0 saturated heterocycles. The number of hydrogen-bond donors (Lipinski definition) is 1. The minimum Gasteiger partial charge on any atom is -0.382 e. The van der Waals surface area contributed by atoms with Crippen molar-refractivity contribution in [3.8, 4) is 0 Å². The van der Waals surface area contributed by atoms with Crippen molar-refractivity contribution in [2.45, 2.75) is 17.4 Å². The summed E-state index contributed by atoms with van der Waals surface area (Å²) in [6, 6.07) is 5.63. The van der Waals surface area contributed by atoms with Gasteiger partial charge in [0.25, 0.3) is 0 Å². The van der Waals surface area contributed by atoms with Crippen LogP contribution in [0, 0.1) is 0 Å². The van der Waals surface area contributed by atoms with E-state index < -0.39 is 0 Å². The van der Waals surface area contributed by atoms with E-state index in [0.29, 0.717) is 0 Å². The van der Waals surface area contributed by atoms with E-state index in [1.165, 1.54) is 11.8 Å². The molecule has 0 aliphatic carbocycles. The Hall–Kier alpha value is -0.540. The first-order chi connectivity index (χ1) is 4.79. The Morgan fingerprint density at radius 3 is 2.90 bits per heavy atom. The van der Waals surface area contributed by atoms with E-state index >= 15 is 0 Å². The van der Waals surface area contributed by atoms with Gasteiger partial charge < -0.3 is 5.11 Å². The summed E-state index contributed by atoms with van der Waals surface area (Å²) in [6.07, 6.45) is 1.71. The highest BCUT2D eigenvalue weighted by Crippen LogP contribution is 2.17. The van der Waals surface area contributed by atoms with Crippen molar-refractivity contribution in [2.24, 2.45) is 0 Å². The fraction of sp³-hybridized carbons (Fsp3) is 0.286. The molecule has 1 rings (SSSR count). The Balaban J connectivity index is 2.59. The molecule has 1 unspecified atom stereocenters. The maximum absolute atomic E-state index is 8.93. The van der Waals surface area contributed by atoms with Crippen LogP contribution in [0.15, 0.2) is 29.4 Å². The zero-order chi connectivity index (χ0) is 7.40. The molecule has 1 aromatic heterocycles. The fourth-order valence-electron chi connectivity index (χ4n) is 0.592. The number of aliphatic hydroxyl groups excluding tert-OH is 1. The lowest BCUT2D eigenvalue weighted by molar-refractivity contribution is 0.283. The van der Waals surface area contributed by atoms with Gasteiger partial charge in [-0.15, -0.1) is 0 Å². The summed E-state index contributed by atoms with van der Waals surface area (Å²) in [5.41, 5.74) is -0.380. The quantitative estimate of drug-likeness (QED) is 0.519. The normalized spacial score (nSPS) is 13.0. The molecule has 0 fully saturated rings. The third kappa shape index (κ3) is 2.37. The average Bonchev–Trinajstić information content (AvgIpc) is 1.88. The lowest BCUT2D eigenvalue weighted by atomic mass is 10.5. The Morgan fingerprint density at radius 1 is 1.60 bits per heavy atom. The zero-order valence-electron chi connectivity index (χ0n) is 5.69. The topological polar surface area (TPSA) is 33.1 Å². The van der Waals surface area contributed by atoms with Crippen LogP contribution in [0.4, 0.5) is 0 Å². The van der Waals surface area contributed by atoms with Crippen molar-refractivity contribution < 1.29 is 5.11 Å². The molecule has 0 aromatic carbocycles. The number of aliphatic hydroxyl groups is 1. The van der Waals surface area contributed by atoms with E-state index in [-0.39, 0.29) is 5.44 Å². The molecule has 3 heteroatoms. The number of hydrogen-bond acceptors (Lipinski definition) is 3. The highest BCUT2D eigenvalue weighted by molar-refractivity contribution is 7.99. The minimum atomic E-state index is -0.380. The lowest BCUT2D eigenvalue weighted by Crippen LogP contribution is -1.91. The van der Waals surface area contributed by atoms with E-state index in [1.54, 1.807) is 13.1 Å². The summed E-state index contributed by atoms with van der Waals surface area (Å²) in [4.78, 5) is 4.02. The van der Waals surface area contributed by atoms with Gasteiger partial charge in [0.05, 0.1) is 5.03 Å². The maximum atomic E-state index is 8.93. The Morgan fingerprint density at radius 2 is 2.40 bits per heavy atom. The predicted octanol–water partition coefficient (Wildman–Crippen LogP) is 1.51. The fourth-order valence-corrected chi connectivity index (χ4v) is 1.22. The Labute approximate surface area is 64.3 Å². The van der Waals surface area contributed by atoms with Gasteiger partial charge in [-0.2, -0.15) is 0 Å². The summed E-state index contributed by atoms with van der Waals surface area (Å²) in [5, 5.41) is 9.79. The van der Waals surface area contributed by atoms with Gasteiger partial charge in [-0.05, 0) is 19.1 Å². The molecule has 1 aromatic rings. The highest BCUT2D eigenvalue weighted by Gasteiger charge is 1.97. The summed E-state index contributed by atoms with van der Waals surface area (Å²) >= 11 is 1.34. The largest absolute Gasteiger partial charge is 0.382 e. The molecule has 1 atom stereocenters. The minimum absolute atomic E-state index is 0.380. The molecule has 0 bridgehead atoms. The monoisotopic (exact) mass is 155 g/mol. The first kappa shape index (κ1) is 7.57. The van der Waals surface area contributed by atoms with Gasteiger partial charge >= 0.3 is 0 Å². The summed E-state index contributed by atoms with van der Waals surface area (Å²) in [6.45, 7) is 1.72. The first-order valence-corrected chi connectivity index (χ1v) is 3.93. The molecule has 0 aliphatic rings. The molecule has 0 spiro atoms. The van der Waals surface area contributed by atoms with E-state index in [1.807, 2.05) is 18.2 Å². The molecular weight excluding hydrogens is 146 g/mol. The molecule has 1 heterocycles. The molecule has 0 aliphatic heterocycles. The van der Waals surface area contributed by atoms with Gasteiger partial charge in [0.1, 0.15) is 5.44 Å². The van der Waals surface area contributed by atoms with E-state index in [0.717, 1.165) is 5.03 Å². The second kappa shape index (κ2) is 3.58. The average molecular weight is 155 g/mol. The molecule has 0 saturated carbocycles. The third-order valence-electron chi connectivity index (χ3n) is 0.929. The molecule has 54 valence electrons. The molecule has 0 radical (unpaired) electrons. The molecular formula is C7H9NOS. The third-order valence-corrected chi connectivity index (χ3v) is 1.75. The van der Waals surface area contributed by atoms with Crippen LogP contribution < -0.4 is 0 Å². The smallest absolute Gasteiger partial charge is 0.102 e.